The van der Waals surface area contributed by atoms with E-state index in [0.717, 1.165) is 35.8 Å². The Morgan fingerprint density at radius 1 is 0.960 bits per heavy atom. The van der Waals surface area contributed by atoms with Crippen molar-refractivity contribution in [2.24, 2.45) is 0 Å². The van der Waals surface area contributed by atoms with E-state index in [1.54, 1.807) is 18.2 Å². The van der Waals surface area contributed by atoms with Gasteiger partial charge in [0, 0.05) is 11.1 Å². The van der Waals surface area contributed by atoms with Crippen molar-refractivity contribution in [1.82, 2.24) is 0 Å². The molecule has 0 atom stereocenters. The number of carboxylic acids is 1. The molecule has 1 aliphatic rings. The lowest BCUT2D eigenvalue weighted by molar-refractivity contribution is 0.0697. The Bertz CT molecular complexity index is 842. The number of carboxylic acid groups (broad SMARTS) is 1. The van der Waals surface area contributed by atoms with E-state index >= 15 is 0 Å². The quantitative estimate of drug-likeness (QED) is 0.782. The van der Waals surface area contributed by atoms with Crippen LogP contribution in [0.1, 0.15) is 72.4 Å². The second-order valence-corrected chi connectivity index (χ2v) is 8.22. The van der Waals surface area contributed by atoms with Gasteiger partial charge in [0.05, 0.1) is 5.56 Å². The highest BCUT2D eigenvalue weighted by Crippen LogP contribution is 2.50. The summed E-state index contributed by atoms with van der Waals surface area (Å²) in [4.78, 5) is 22.9. The summed E-state index contributed by atoms with van der Waals surface area (Å²) >= 11 is 0. The molecule has 0 fully saturated rings. The molecule has 0 amide bonds. The maximum absolute atomic E-state index is 11.9. The molecule has 1 aliphatic carbocycles. The Morgan fingerprint density at radius 2 is 1.56 bits per heavy atom. The molecule has 25 heavy (non-hydrogen) atoms. The van der Waals surface area contributed by atoms with E-state index in [1.807, 2.05) is 18.2 Å². The summed E-state index contributed by atoms with van der Waals surface area (Å²) in [6, 6.07) is 10.9. The first-order valence-corrected chi connectivity index (χ1v) is 8.64. The third-order valence-corrected chi connectivity index (χ3v) is 5.55. The van der Waals surface area contributed by atoms with Crippen LogP contribution < -0.4 is 0 Å². The van der Waals surface area contributed by atoms with E-state index in [1.165, 1.54) is 5.56 Å². The number of rotatable bonds is 3. The lowest BCUT2D eigenvalue weighted by atomic mass is 9.61. The molecule has 0 aliphatic heterocycles. The third-order valence-electron chi connectivity index (χ3n) is 5.55. The summed E-state index contributed by atoms with van der Waals surface area (Å²) in [6.07, 6.45) is 2.88. The van der Waals surface area contributed by atoms with Crippen molar-refractivity contribution in [2.75, 3.05) is 0 Å². The molecule has 0 radical (unpaired) electrons. The molecular formula is C22H24O3. The largest absolute Gasteiger partial charge is 0.478 e. The number of hydrogen-bond donors (Lipinski definition) is 1. The predicted octanol–water partition coefficient (Wildman–Crippen LogP) is 5.21. The molecule has 2 aromatic carbocycles. The zero-order valence-electron chi connectivity index (χ0n) is 15.2. The van der Waals surface area contributed by atoms with E-state index in [9.17, 15) is 14.7 Å². The van der Waals surface area contributed by atoms with Gasteiger partial charge in [-0.1, -0.05) is 58.0 Å². The number of carbonyl (C=O) groups is 2. The Morgan fingerprint density at radius 3 is 2.12 bits per heavy atom. The monoisotopic (exact) mass is 336 g/mol. The minimum absolute atomic E-state index is 0.0133. The average Bonchev–Trinajstić information content (AvgIpc) is 2.58. The highest BCUT2D eigenvalue weighted by Gasteiger charge is 2.40. The molecule has 3 rings (SSSR count). The summed E-state index contributed by atoms with van der Waals surface area (Å²) in [6.45, 7) is 8.83. The Hall–Kier alpha value is -2.42. The van der Waals surface area contributed by atoms with Crippen LogP contribution in [0, 0.1) is 0 Å². The van der Waals surface area contributed by atoms with E-state index in [2.05, 4.69) is 27.7 Å². The summed E-state index contributed by atoms with van der Waals surface area (Å²) < 4.78 is 0. The molecule has 1 N–H and O–H groups in total. The van der Waals surface area contributed by atoms with Gasteiger partial charge < -0.3 is 5.11 Å². The van der Waals surface area contributed by atoms with Crippen LogP contribution in [0.15, 0.2) is 36.4 Å². The zero-order valence-corrected chi connectivity index (χ0v) is 15.2. The zero-order chi connectivity index (χ0) is 18.4. The second kappa shape index (κ2) is 5.83. The van der Waals surface area contributed by atoms with Crippen LogP contribution in [0.2, 0.25) is 0 Å². The SMILES string of the molecule is CC1(C)CCC(C)(C)c2c1ccc(C(=O)O)c2-c1ccc(C=O)cc1. The lowest BCUT2D eigenvalue weighted by Crippen LogP contribution is -2.35. The summed E-state index contributed by atoms with van der Waals surface area (Å²) in [5, 5.41) is 9.77. The molecule has 0 spiro atoms. The first-order valence-electron chi connectivity index (χ1n) is 8.64. The van der Waals surface area contributed by atoms with Gasteiger partial charge in [0.25, 0.3) is 0 Å². The Labute approximate surface area is 148 Å². The van der Waals surface area contributed by atoms with Crippen LogP contribution in [0.5, 0.6) is 0 Å². The maximum atomic E-state index is 11.9. The van der Waals surface area contributed by atoms with Crippen molar-refractivity contribution in [1.29, 1.82) is 0 Å². The topological polar surface area (TPSA) is 54.4 Å². The summed E-state index contributed by atoms with van der Waals surface area (Å²) in [5.41, 5.74) is 4.82. The Balaban J connectivity index is 2.38. The van der Waals surface area contributed by atoms with Gasteiger partial charge in [0.15, 0.2) is 0 Å². The maximum Gasteiger partial charge on any atom is 0.336 e. The van der Waals surface area contributed by atoms with Gasteiger partial charge in [0.1, 0.15) is 6.29 Å². The lowest BCUT2D eigenvalue weighted by Gasteiger charge is -2.43. The molecule has 0 saturated carbocycles. The fourth-order valence-corrected chi connectivity index (χ4v) is 3.96. The first-order chi connectivity index (χ1) is 11.7. The van der Waals surface area contributed by atoms with Crippen LogP contribution in [0.4, 0.5) is 0 Å². The first kappa shape index (κ1) is 17.4. The molecule has 3 nitrogen and oxygen atoms in total. The van der Waals surface area contributed by atoms with Gasteiger partial charge in [-0.15, -0.1) is 0 Å². The number of aldehydes is 1. The molecule has 0 saturated heterocycles. The molecule has 130 valence electrons. The summed E-state index contributed by atoms with van der Waals surface area (Å²) in [5.74, 6) is -0.920. The number of fused-ring (bicyclic) bond motifs is 1. The van der Waals surface area contributed by atoms with Crippen LogP contribution in [0.3, 0.4) is 0 Å². The molecular weight excluding hydrogens is 312 g/mol. The van der Waals surface area contributed by atoms with Crippen LogP contribution in [-0.4, -0.2) is 17.4 Å². The number of benzene rings is 2. The molecule has 3 heteroatoms. The minimum atomic E-state index is -0.920. The minimum Gasteiger partial charge on any atom is -0.478 e. The van der Waals surface area contributed by atoms with Crippen molar-refractivity contribution in [3.8, 4) is 11.1 Å². The van der Waals surface area contributed by atoms with Crippen molar-refractivity contribution in [2.45, 2.75) is 51.4 Å². The predicted molar refractivity (Wildman–Crippen MR) is 99.5 cm³/mol. The standard InChI is InChI=1S/C22H24O3/c1-21(2)11-12-22(3,4)19-17(21)10-9-16(20(24)25)18(19)15-7-5-14(13-23)6-8-15/h5-10,13H,11-12H2,1-4H3,(H,24,25). The summed E-state index contributed by atoms with van der Waals surface area (Å²) in [7, 11) is 0. The second-order valence-electron chi connectivity index (χ2n) is 8.22. The van der Waals surface area contributed by atoms with Crippen LogP contribution >= 0.6 is 0 Å². The van der Waals surface area contributed by atoms with Crippen molar-refractivity contribution in [3.63, 3.8) is 0 Å². The van der Waals surface area contributed by atoms with Crippen LogP contribution in [0.25, 0.3) is 11.1 Å². The molecule has 0 bridgehead atoms. The molecule has 0 heterocycles. The number of hydrogen-bond acceptors (Lipinski definition) is 2. The van der Waals surface area contributed by atoms with Crippen LogP contribution in [-0.2, 0) is 10.8 Å². The van der Waals surface area contributed by atoms with E-state index in [-0.39, 0.29) is 10.8 Å². The average molecular weight is 336 g/mol. The van der Waals surface area contributed by atoms with Crippen molar-refractivity contribution < 1.29 is 14.7 Å². The smallest absolute Gasteiger partial charge is 0.336 e. The highest BCUT2D eigenvalue weighted by atomic mass is 16.4. The van der Waals surface area contributed by atoms with E-state index in [0.29, 0.717) is 11.1 Å². The van der Waals surface area contributed by atoms with Gasteiger partial charge in [-0.3, -0.25) is 4.79 Å². The number of carbonyl (C=O) groups excluding carboxylic acids is 1. The van der Waals surface area contributed by atoms with Gasteiger partial charge in [0.2, 0.25) is 0 Å². The third kappa shape index (κ3) is 2.88. The molecule has 2 aromatic rings. The Kier molecular flexibility index (Phi) is 4.06. The normalized spacial score (nSPS) is 17.6. The van der Waals surface area contributed by atoms with Crippen molar-refractivity contribution in [3.05, 3.63) is 58.7 Å². The number of aromatic carboxylic acids is 1. The molecule has 0 aromatic heterocycles. The van der Waals surface area contributed by atoms with Gasteiger partial charge >= 0.3 is 5.97 Å². The molecule has 0 unspecified atom stereocenters. The van der Waals surface area contributed by atoms with E-state index < -0.39 is 5.97 Å². The fourth-order valence-electron chi connectivity index (χ4n) is 3.96. The van der Waals surface area contributed by atoms with E-state index in [4.69, 9.17) is 0 Å². The van der Waals surface area contributed by atoms with Gasteiger partial charge in [-0.05, 0) is 46.4 Å². The van der Waals surface area contributed by atoms with Gasteiger partial charge in [-0.2, -0.15) is 0 Å². The highest BCUT2D eigenvalue weighted by molar-refractivity contribution is 5.98. The fraction of sp³-hybridized carbons (Fsp3) is 0.364. The van der Waals surface area contributed by atoms with Crippen molar-refractivity contribution >= 4 is 12.3 Å². The van der Waals surface area contributed by atoms with Gasteiger partial charge in [-0.25, -0.2) is 4.79 Å².